The number of halogens is 1. The summed E-state index contributed by atoms with van der Waals surface area (Å²) in [5.74, 6) is 0. The molecule has 0 amide bonds. The van der Waals surface area contributed by atoms with Crippen LogP contribution in [0.2, 0.25) is 0 Å². The molecule has 0 unspecified atom stereocenters. The van der Waals surface area contributed by atoms with Gasteiger partial charge in [0.1, 0.15) is 0 Å². The topological polar surface area (TPSA) is 18.5 Å². The molecule has 0 saturated carbocycles. The van der Waals surface area contributed by atoms with Gasteiger partial charge in [-0.2, -0.15) is 0 Å². The predicted molar refractivity (Wildman–Crippen MR) is 69.3 cm³/mol. The van der Waals surface area contributed by atoms with E-state index in [4.69, 9.17) is 9.47 Å². The highest BCUT2D eigenvalue weighted by Gasteiger charge is 2.03. The number of alkyl halides is 1. The maximum Gasteiger partial charge on any atom is 0.0606 e. The first kappa shape index (κ1) is 14.6. The molecule has 0 spiro atoms. The van der Waals surface area contributed by atoms with E-state index in [1.54, 1.807) is 0 Å². The second-order valence-corrected chi connectivity index (χ2v) is 5.22. The maximum atomic E-state index is 5.51. The number of unbranched alkanes of at least 4 members (excludes halogenated alkanes) is 2. The molecule has 14 heavy (non-hydrogen) atoms. The van der Waals surface area contributed by atoms with Crippen LogP contribution in [0.25, 0.3) is 0 Å². The first-order valence-electron chi connectivity index (χ1n) is 5.60. The SMILES string of the molecule is CCCCOCC(I)COCCCC. The molecule has 0 N–H and O–H groups in total. The van der Waals surface area contributed by atoms with Gasteiger partial charge in [0.15, 0.2) is 0 Å². The van der Waals surface area contributed by atoms with Gasteiger partial charge in [-0.05, 0) is 12.8 Å². The molecule has 0 fully saturated rings. The molecule has 0 bridgehead atoms. The minimum Gasteiger partial charge on any atom is -0.380 e. The van der Waals surface area contributed by atoms with Gasteiger partial charge in [-0.15, -0.1) is 0 Å². The van der Waals surface area contributed by atoms with Crippen molar-refractivity contribution >= 4 is 22.6 Å². The quantitative estimate of drug-likeness (QED) is 0.349. The molecule has 3 heteroatoms. The highest BCUT2D eigenvalue weighted by Crippen LogP contribution is 2.03. The van der Waals surface area contributed by atoms with Gasteiger partial charge in [-0.1, -0.05) is 49.3 Å². The Morgan fingerprint density at radius 1 is 0.929 bits per heavy atom. The molecule has 0 saturated heterocycles. The van der Waals surface area contributed by atoms with Crippen LogP contribution < -0.4 is 0 Å². The van der Waals surface area contributed by atoms with Crippen molar-refractivity contribution in [1.29, 1.82) is 0 Å². The highest BCUT2D eigenvalue weighted by molar-refractivity contribution is 14.1. The van der Waals surface area contributed by atoms with E-state index in [1.807, 2.05) is 0 Å². The summed E-state index contributed by atoms with van der Waals surface area (Å²) < 4.78 is 11.5. The summed E-state index contributed by atoms with van der Waals surface area (Å²) in [6.45, 7) is 7.80. The van der Waals surface area contributed by atoms with E-state index in [1.165, 1.54) is 25.7 Å². The summed E-state index contributed by atoms with van der Waals surface area (Å²) in [5, 5.41) is 0. The van der Waals surface area contributed by atoms with Gasteiger partial charge in [-0.25, -0.2) is 0 Å². The number of ether oxygens (including phenoxy) is 2. The lowest BCUT2D eigenvalue weighted by Gasteiger charge is -2.10. The summed E-state index contributed by atoms with van der Waals surface area (Å²) >= 11 is 2.40. The van der Waals surface area contributed by atoms with Gasteiger partial charge in [-0.3, -0.25) is 0 Å². The van der Waals surface area contributed by atoms with Crippen molar-refractivity contribution in [3.63, 3.8) is 0 Å². The van der Waals surface area contributed by atoms with Crippen LogP contribution in [0.3, 0.4) is 0 Å². The van der Waals surface area contributed by atoms with Gasteiger partial charge in [0, 0.05) is 13.2 Å². The lowest BCUT2D eigenvalue weighted by atomic mass is 10.3. The molecule has 86 valence electrons. The van der Waals surface area contributed by atoms with Gasteiger partial charge in [0.05, 0.1) is 17.1 Å². The van der Waals surface area contributed by atoms with Crippen LogP contribution in [0.5, 0.6) is 0 Å². The van der Waals surface area contributed by atoms with E-state index >= 15 is 0 Å². The van der Waals surface area contributed by atoms with Crippen LogP contribution in [0.4, 0.5) is 0 Å². The minimum atomic E-state index is 0.501. The molecule has 0 aliphatic rings. The molecule has 0 aliphatic carbocycles. The molecule has 0 aliphatic heterocycles. The Kier molecular flexibility index (Phi) is 12.3. The molecule has 0 aromatic heterocycles. The number of rotatable bonds is 10. The molecule has 0 atom stereocenters. The van der Waals surface area contributed by atoms with Crippen molar-refractivity contribution in [1.82, 2.24) is 0 Å². The van der Waals surface area contributed by atoms with Gasteiger partial charge in [0.2, 0.25) is 0 Å². The van der Waals surface area contributed by atoms with Crippen LogP contribution in [0.1, 0.15) is 39.5 Å². The van der Waals surface area contributed by atoms with Crippen LogP contribution in [0, 0.1) is 0 Å². The molecule has 0 aromatic rings. The Bertz CT molecular complexity index is 97.5. The number of hydrogen-bond acceptors (Lipinski definition) is 2. The third-order valence-electron chi connectivity index (χ3n) is 1.88. The van der Waals surface area contributed by atoms with E-state index in [9.17, 15) is 0 Å². The van der Waals surface area contributed by atoms with Crippen molar-refractivity contribution in [3.05, 3.63) is 0 Å². The van der Waals surface area contributed by atoms with Crippen molar-refractivity contribution in [2.24, 2.45) is 0 Å². The lowest BCUT2D eigenvalue weighted by Crippen LogP contribution is -2.16. The molecule has 0 radical (unpaired) electrons. The lowest BCUT2D eigenvalue weighted by molar-refractivity contribution is 0.0891. The zero-order valence-electron chi connectivity index (χ0n) is 9.43. The van der Waals surface area contributed by atoms with Gasteiger partial charge in [0.25, 0.3) is 0 Å². The third-order valence-corrected chi connectivity index (χ3v) is 2.60. The van der Waals surface area contributed by atoms with Crippen molar-refractivity contribution in [3.8, 4) is 0 Å². The minimum absolute atomic E-state index is 0.501. The van der Waals surface area contributed by atoms with E-state index in [0.29, 0.717) is 3.92 Å². The van der Waals surface area contributed by atoms with Crippen molar-refractivity contribution in [2.75, 3.05) is 26.4 Å². The van der Waals surface area contributed by atoms with Gasteiger partial charge >= 0.3 is 0 Å². The smallest absolute Gasteiger partial charge is 0.0606 e. The zero-order valence-corrected chi connectivity index (χ0v) is 11.6. The van der Waals surface area contributed by atoms with E-state index in [-0.39, 0.29) is 0 Å². The van der Waals surface area contributed by atoms with Gasteiger partial charge < -0.3 is 9.47 Å². The Morgan fingerprint density at radius 2 is 1.36 bits per heavy atom. The molecule has 0 heterocycles. The monoisotopic (exact) mass is 314 g/mol. The van der Waals surface area contributed by atoms with Crippen molar-refractivity contribution < 1.29 is 9.47 Å². The summed E-state index contributed by atoms with van der Waals surface area (Å²) in [7, 11) is 0. The summed E-state index contributed by atoms with van der Waals surface area (Å²) in [6, 6.07) is 0. The summed E-state index contributed by atoms with van der Waals surface area (Å²) in [4.78, 5) is 0. The molecule has 2 nitrogen and oxygen atoms in total. The summed E-state index contributed by atoms with van der Waals surface area (Å²) in [6.07, 6.45) is 4.75. The fourth-order valence-electron chi connectivity index (χ4n) is 0.963. The highest BCUT2D eigenvalue weighted by atomic mass is 127. The Balaban J connectivity index is 3.07. The van der Waals surface area contributed by atoms with E-state index < -0.39 is 0 Å². The van der Waals surface area contributed by atoms with Crippen LogP contribution in [-0.2, 0) is 9.47 Å². The average molecular weight is 314 g/mol. The fourth-order valence-corrected chi connectivity index (χ4v) is 1.47. The Labute approximate surface area is 102 Å². The standard InChI is InChI=1S/C11H23IO2/c1-3-5-7-13-9-11(12)10-14-8-6-4-2/h11H,3-10H2,1-2H3. The average Bonchev–Trinajstić information content (AvgIpc) is 2.19. The van der Waals surface area contributed by atoms with Crippen LogP contribution in [-0.4, -0.2) is 30.4 Å². The third kappa shape index (κ3) is 10.7. The molecule has 0 aromatic carbocycles. The molecular formula is C11H23IO2. The largest absolute Gasteiger partial charge is 0.380 e. The second-order valence-electron chi connectivity index (χ2n) is 3.45. The summed E-state index contributed by atoms with van der Waals surface area (Å²) in [5.41, 5.74) is 0. The molecular weight excluding hydrogens is 291 g/mol. The maximum absolute atomic E-state index is 5.51. The van der Waals surface area contributed by atoms with Crippen LogP contribution in [0.15, 0.2) is 0 Å². The van der Waals surface area contributed by atoms with E-state index in [0.717, 1.165) is 26.4 Å². The normalized spacial score (nSPS) is 11.1. The zero-order chi connectivity index (χ0) is 10.6. The first-order valence-corrected chi connectivity index (χ1v) is 6.85. The van der Waals surface area contributed by atoms with Crippen LogP contribution >= 0.6 is 22.6 Å². The fraction of sp³-hybridized carbons (Fsp3) is 1.00. The molecule has 0 rings (SSSR count). The second kappa shape index (κ2) is 11.7. The predicted octanol–water partition coefficient (Wildman–Crippen LogP) is 3.42. The Morgan fingerprint density at radius 3 is 1.71 bits per heavy atom. The first-order chi connectivity index (χ1) is 6.81. The number of hydrogen-bond donors (Lipinski definition) is 0. The Hall–Kier alpha value is 0.650. The van der Waals surface area contributed by atoms with E-state index in [2.05, 4.69) is 36.4 Å². The van der Waals surface area contributed by atoms with Crippen molar-refractivity contribution in [2.45, 2.75) is 43.5 Å².